The molecule has 0 saturated carbocycles. The first-order chi connectivity index (χ1) is 10.8. The lowest BCUT2D eigenvalue weighted by atomic mass is 9.80. The lowest BCUT2D eigenvalue weighted by Crippen LogP contribution is -2.47. The molecule has 1 saturated heterocycles. The lowest BCUT2D eigenvalue weighted by Gasteiger charge is -2.37. The Bertz CT molecular complexity index is 662. The molecule has 1 aliphatic heterocycles. The van der Waals surface area contributed by atoms with Gasteiger partial charge in [-0.3, -0.25) is 0 Å². The summed E-state index contributed by atoms with van der Waals surface area (Å²) in [4.78, 5) is -0.905. The molecule has 0 aliphatic carbocycles. The Morgan fingerprint density at radius 1 is 1.17 bits per heavy atom. The Hall–Kier alpha value is -0.870. The van der Waals surface area contributed by atoms with E-state index in [4.69, 9.17) is 4.74 Å². The quantitative estimate of drug-likeness (QED) is 0.729. The highest BCUT2D eigenvalue weighted by molar-refractivity contribution is 7.89. The first-order valence-corrected chi connectivity index (χ1v) is 8.62. The number of hydrogen-bond acceptors (Lipinski definition) is 4. The third-order valence-corrected chi connectivity index (χ3v) is 5.43. The zero-order valence-corrected chi connectivity index (χ0v) is 14.7. The molecule has 1 aliphatic rings. The molecule has 0 unspecified atom stereocenters. The summed E-state index contributed by atoms with van der Waals surface area (Å²) in [5.74, 6) is -4.18. The highest BCUT2D eigenvalue weighted by atomic mass is 35.5. The van der Waals surface area contributed by atoms with Gasteiger partial charge in [-0.05, 0) is 32.0 Å². The minimum absolute atomic E-state index is 0. The molecule has 0 atom stereocenters. The number of benzene rings is 1. The maximum atomic E-state index is 13.7. The third kappa shape index (κ3) is 4.82. The second kappa shape index (κ2) is 8.48. The summed E-state index contributed by atoms with van der Waals surface area (Å²) >= 11 is 0. The molecular formula is C14H20ClF3N2O3S. The van der Waals surface area contributed by atoms with Gasteiger partial charge < -0.3 is 10.1 Å². The summed E-state index contributed by atoms with van der Waals surface area (Å²) in [5.41, 5.74) is -0.415. The Kier molecular flexibility index (Phi) is 7.48. The molecule has 0 aromatic heterocycles. The van der Waals surface area contributed by atoms with E-state index in [9.17, 15) is 21.6 Å². The van der Waals surface area contributed by atoms with E-state index in [0.717, 1.165) is 0 Å². The van der Waals surface area contributed by atoms with Gasteiger partial charge in [-0.25, -0.2) is 26.3 Å². The fourth-order valence-electron chi connectivity index (χ4n) is 2.67. The van der Waals surface area contributed by atoms with E-state index in [1.807, 2.05) is 0 Å². The molecule has 138 valence electrons. The molecule has 1 aromatic rings. The summed E-state index contributed by atoms with van der Waals surface area (Å²) in [5, 5.41) is 3.17. The van der Waals surface area contributed by atoms with E-state index in [2.05, 4.69) is 10.0 Å². The number of hydrogen-bond donors (Lipinski definition) is 2. The van der Waals surface area contributed by atoms with Crippen LogP contribution in [0.3, 0.4) is 0 Å². The topological polar surface area (TPSA) is 67.4 Å². The highest BCUT2D eigenvalue weighted by Crippen LogP contribution is 2.29. The molecule has 0 bridgehead atoms. The number of rotatable bonds is 6. The summed E-state index contributed by atoms with van der Waals surface area (Å²) in [7, 11) is -2.77. The van der Waals surface area contributed by atoms with E-state index in [-0.39, 0.29) is 25.0 Å². The third-order valence-electron chi connectivity index (χ3n) is 4.02. The van der Waals surface area contributed by atoms with Gasteiger partial charge in [-0.1, -0.05) is 0 Å². The van der Waals surface area contributed by atoms with Crippen molar-refractivity contribution >= 4 is 22.4 Å². The van der Waals surface area contributed by atoms with Gasteiger partial charge >= 0.3 is 0 Å². The average molecular weight is 389 g/mol. The van der Waals surface area contributed by atoms with Crippen LogP contribution in [-0.4, -0.2) is 41.8 Å². The fourth-order valence-corrected chi connectivity index (χ4v) is 3.90. The molecule has 1 fully saturated rings. The predicted octanol–water partition coefficient (Wildman–Crippen LogP) is 1.82. The molecule has 2 rings (SSSR count). The van der Waals surface area contributed by atoms with Crippen LogP contribution < -0.4 is 10.0 Å². The Labute approximate surface area is 145 Å². The summed E-state index contributed by atoms with van der Waals surface area (Å²) in [6.45, 7) is 1.80. The lowest BCUT2D eigenvalue weighted by molar-refractivity contribution is 0.0577. The van der Waals surface area contributed by atoms with Gasteiger partial charge in [0.2, 0.25) is 10.0 Å². The molecule has 24 heavy (non-hydrogen) atoms. The summed E-state index contributed by atoms with van der Waals surface area (Å²) in [6, 6.07) is 0.567. The van der Waals surface area contributed by atoms with Gasteiger partial charge in [0.1, 0.15) is 10.7 Å². The van der Waals surface area contributed by atoms with Crippen LogP contribution in [0, 0.1) is 22.9 Å². The van der Waals surface area contributed by atoms with Gasteiger partial charge in [0.15, 0.2) is 11.6 Å². The van der Waals surface area contributed by atoms with Gasteiger partial charge in [0, 0.05) is 25.1 Å². The number of halogens is 4. The average Bonchev–Trinajstić information content (AvgIpc) is 2.50. The van der Waals surface area contributed by atoms with Crippen LogP contribution in [0.4, 0.5) is 13.2 Å². The minimum atomic E-state index is -4.29. The molecule has 1 heterocycles. The molecular weight excluding hydrogens is 369 g/mol. The van der Waals surface area contributed by atoms with Crippen molar-refractivity contribution in [2.75, 3.05) is 33.4 Å². The van der Waals surface area contributed by atoms with Crippen molar-refractivity contribution in [1.82, 2.24) is 10.0 Å². The Morgan fingerprint density at radius 2 is 1.75 bits per heavy atom. The first kappa shape index (κ1) is 21.2. The molecule has 10 heteroatoms. The van der Waals surface area contributed by atoms with Crippen molar-refractivity contribution in [1.29, 1.82) is 0 Å². The van der Waals surface area contributed by atoms with E-state index < -0.39 is 37.8 Å². The van der Waals surface area contributed by atoms with Crippen molar-refractivity contribution in [3.8, 4) is 0 Å². The number of piperidine rings is 1. The molecule has 2 N–H and O–H groups in total. The van der Waals surface area contributed by atoms with E-state index in [1.165, 1.54) is 7.11 Å². The molecule has 0 spiro atoms. The van der Waals surface area contributed by atoms with Crippen LogP contribution >= 0.6 is 12.4 Å². The van der Waals surface area contributed by atoms with Crippen LogP contribution in [0.5, 0.6) is 0 Å². The minimum Gasteiger partial charge on any atom is -0.384 e. The second-order valence-electron chi connectivity index (χ2n) is 5.70. The van der Waals surface area contributed by atoms with E-state index in [0.29, 0.717) is 38.6 Å². The maximum absolute atomic E-state index is 13.7. The molecule has 1 aromatic carbocycles. The number of methoxy groups -OCH3 is 1. The monoisotopic (exact) mass is 388 g/mol. The smallest absolute Gasteiger partial charge is 0.243 e. The summed E-state index contributed by atoms with van der Waals surface area (Å²) in [6.07, 6.45) is 1.37. The summed E-state index contributed by atoms with van der Waals surface area (Å²) < 4.78 is 71.7. The number of sulfonamides is 1. The van der Waals surface area contributed by atoms with E-state index >= 15 is 0 Å². The fraction of sp³-hybridized carbons (Fsp3) is 0.571. The van der Waals surface area contributed by atoms with Crippen molar-refractivity contribution in [2.24, 2.45) is 5.41 Å². The van der Waals surface area contributed by atoms with Gasteiger partial charge in [-0.15, -0.1) is 12.4 Å². The maximum Gasteiger partial charge on any atom is 0.243 e. The van der Waals surface area contributed by atoms with Crippen LogP contribution in [0.2, 0.25) is 0 Å². The van der Waals surface area contributed by atoms with Crippen LogP contribution in [0.15, 0.2) is 17.0 Å². The van der Waals surface area contributed by atoms with Crippen LogP contribution in [0.25, 0.3) is 0 Å². The van der Waals surface area contributed by atoms with Crippen molar-refractivity contribution in [3.63, 3.8) is 0 Å². The van der Waals surface area contributed by atoms with Gasteiger partial charge in [0.25, 0.3) is 0 Å². The Morgan fingerprint density at radius 3 is 2.33 bits per heavy atom. The molecule has 0 amide bonds. The molecule has 5 nitrogen and oxygen atoms in total. The number of nitrogens with one attached hydrogen (secondary N) is 2. The van der Waals surface area contributed by atoms with Crippen LogP contribution in [-0.2, 0) is 14.8 Å². The normalized spacial score (nSPS) is 17.3. The van der Waals surface area contributed by atoms with E-state index in [1.54, 1.807) is 0 Å². The molecule has 0 radical (unpaired) electrons. The zero-order valence-electron chi connectivity index (χ0n) is 13.1. The van der Waals surface area contributed by atoms with Crippen molar-refractivity contribution in [3.05, 3.63) is 29.6 Å². The highest BCUT2D eigenvalue weighted by Gasteiger charge is 2.34. The number of ether oxygens (including phenoxy) is 1. The zero-order chi connectivity index (χ0) is 17.1. The standard InChI is InChI=1S/C14H19F3N2O3S.ClH/c1-22-9-14(2-4-18-5-3-14)8-19-23(20,21)13-7-11(16)10(15)6-12(13)17;/h6-7,18-19H,2-5,8-9H2,1H3;1H. The van der Waals surface area contributed by atoms with Gasteiger partial charge in [0.05, 0.1) is 6.61 Å². The second-order valence-corrected chi connectivity index (χ2v) is 7.44. The Balaban J connectivity index is 0.00000288. The predicted molar refractivity (Wildman–Crippen MR) is 85.2 cm³/mol. The van der Waals surface area contributed by atoms with Crippen molar-refractivity contribution < 1.29 is 26.3 Å². The largest absolute Gasteiger partial charge is 0.384 e. The SMILES string of the molecule is COCC1(CNS(=O)(=O)c2cc(F)c(F)cc2F)CCNCC1.Cl. The van der Waals surface area contributed by atoms with Crippen LogP contribution in [0.1, 0.15) is 12.8 Å². The van der Waals surface area contributed by atoms with Gasteiger partial charge in [-0.2, -0.15) is 0 Å². The van der Waals surface area contributed by atoms with Crippen molar-refractivity contribution in [2.45, 2.75) is 17.7 Å². The first-order valence-electron chi connectivity index (χ1n) is 7.14.